The molecule has 0 aromatic heterocycles. The summed E-state index contributed by atoms with van der Waals surface area (Å²) < 4.78 is 34.7. The minimum absolute atomic E-state index is 0.116. The van der Waals surface area contributed by atoms with E-state index in [1.165, 1.54) is 178 Å². The number of halogens is 2. The van der Waals surface area contributed by atoms with Crippen molar-refractivity contribution in [2.75, 3.05) is 26.4 Å². The van der Waals surface area contributed by atoms with Crippen molar-refractivity contribution in [3.8, 4) is 23.0 Å². The zero-order chi connectivity index (χ0) is 54.3. The van der Waals surface area contributed by atoms with E-state index in [4.69, 9.17) is 28.4 Å². The quantitative estimate of drug-likeness (QED) is 0.0240. The normalized spacial score (nSPS) is 11.1. The molecule has 0 spiro atoms. The van der Waals surface area contributed by atoms with E-state index in [0.717, 1.165) is 25.7 Å². The third kappa shape index (κ3) is 27.6. The number of carbonyl (C=O) groups excluding carboxylic acids is 4. The second-order valence-corrected chi connectivity index (χ2v) is 21.7. The van der Waals surface area contributed by atoms with Gasteiger partial charge in [0.1, 0.15) is 23.0 Å². The van der Waals surface area contributed by atoms with Gasteiger partial charge in [-0.15, -0.1) is 0 Å². The molecule has 0 saturated carbocycles. The number of hydrogen-bond donors (Lipinski definition) is 0. The number of ether oxygens (including phenoxy) is 6. The Morgan fingerprint density at radius 3 is 0.868 bits per heavy atom. The molecule has 0 aliphatic carbocycles. The van der Waals surface area contributed by atoms with Gasteiger partial charge in [-0.25, -0.2) is 19.2 Å². The lowest BCUT2D eigenvalue weighted by Crippen LogP contribution is -2.11. The summed E-state index contributed by atoms with van der Waals surface area (Å²) in [5.74, 6) is -0.195. The molecule has 0 unspecified atom stereocenters. The highest BCUT2D eigenvalue weighted by atomic mass is 79.9. The van der Waals surface area contributed by atoms with Gasteiger partial charge < -0.3 is 28.4 Å². The van der Waals surface area contributed by atoms with E-state index in [1.807, 2.05) is 0 Å². The summed E-state index contributed by atoms with van der Waals surface area (Å²) >= 11 is 6.82. The van der Waals surface area contributed by atoms with Gasteiger partial charge in [0, 0.05) is 0 Å². The monoisotopic (exact) mass is 1170 g/mol. The summed E-state index contributed by atoms with van der Waals surface area (Å²) in [6.45, 7) is 6.05. The highest BCUT2D eigenvalue weighted by molar-refractivity contribution is 9.11. The maximum atomic E-state index is 12.9. The fraction of sp³-hybridized carbons (Fsp3) is 0.562. The number of esters is 4. The fourth-order valence-electron chi connectivity index (χ4n) is 8.79. The van der Waals surface area contributed by atoms with Gasteiger partial charge in [-0.3, -0.25) is 0 Å². The molecular formula is C64H88Br2O10. The summed E-state index contributed by atoms with van der Waals surface area (Å²) in [7, 11) is 0. The van der Waals surface area contributed by atoms with Gasteiger partial charge in [-0.2, -0.15) is 0 Å². The van der Waals surface area contributed by atoms with Crippen molar-refractivity contribution in [2.45, 2.75) is 206 Å². The van der Waals surface area contributed by atoms with Gasteiger partial charge in [-0.1, -0.05) is 181 Å². The smallest absolute Gasteiger partial charge is 0.343 e. The molecule has 0 N–H and O–H groups in total. The summed E-state index contributed by atoms with van der Waals surface area (Å²) in [4.78, 5) is 51.4. The Balaban J connectivity index is 1.02. The first-order chi connectivity index (χ1) is 37.2. The van der Waals surface area contributed by atoms with E-state index in [-0.39, 0.29) is 35.8 Å². The number of unbranched alkanes of at least 4 members (excludes halogenated alkanes) is 27. The molecule has 4 aromatic rings. The molecule has 0 fully saturated rings. The van der Waals surface area contributed by atoms with Crippen LogP contribution in [0.15, 0.2) is 93.9 Å². The Morgan fingerprint density at radius 2 is 0.579 bits per heavy atom. The Labute approximate surface area is 472 Å². The van der Waals surface area contributed by atoms with Gasteiger partial charge in [0.15, 0.2) is 0 Å². The van der Waals surface area contributed by atoms with Crippen LogP contribution >= 0.6 is 31.9 Å². The first-order valence-corrected chi connectivity index (χ1v) is 30.6. The maximum absolute atomic E-state index is 12.9. The SMILES string of the molecule is CCCCCCCCCCCCCCCCOc1ccc(C(=O)Oc2ccc(C(=O)OCCCCOC(=O)c3ccc(OC(=O)c4ccc(OCCCCCCCCCCCCCCCC)cc4)c(Br)c3)cc2Br)cc1. The summed E-state index contributed by atoms with van der Waals surface area (Å²) in [6.07, 6.45) is 37.6. The van der Waals surface area contributed by atoms with Gasteiger partial charge in [0.25, 0.3) is 0 Å². The van der Waals surface area contributed by atoms with Crippen LogP contribution in [0.3, 0.4) is 0 Å². The summed E-state index contributed by atoms with van der Waals surface area (Å²) in [5.41, 5.74) is 1.32. The molecule has 0 saturated heterocycles. The Hall–Kier alpha value is -4.68. The largest absolute Gasteiger partial charge is 0.494 e. The number of rotatable bonds is 43. The van der Waals surface area contributed by atoms with E-state index in [9.17, 15) is 19.2 Å². The van der Waals surface area contributed by atoms with Gasteiger partial charge >= 0.3 is 23.9 Å². The second-order valence-electron chi connectivity index (χ2n) is 20.0. The van der Waals surface area contributed by atoms with E-state index in [2.05, 4.69) is 45.7 Å². The molecule has 12 heteroatoms. The molecule has 0 atom stereocenters. The van der Waals surface area contributed by atoms with Crippen LogP contribution in [0.4, 0.5) is 0 Å². The molecule has 0 bridgehead atoms. The highest BCUT2D eigenvalue weighted by Crippen LogP contribution is 2.29. The molecule has 418 valence electrons. The van der Waals surface area contributed by atoms with Crippen LogP contribution in [-0.4, -0.2) is 50.3 Å². The maximum Gasteiger partial charge on any atom is 0.343 e. The molecule has 0 heterocycles. The fourth-order valence-corrected chi connectivity index (χ4v) is 9.71. The van der Waals surface area contributed by atoms with Crippen LogP contribution in [0.25, 0.3) is 0 Å². The minimum atomic E-state index is -0.539. The first kappa shape index (κ1) is 63.8. The van der Waals surface area contributed by atoms with Crippen molar-refractivity contribution in [1.82, 2.24) is 0 Å². The van der Waals surface area contributed by atoms with Crippen molar-refractivity contribution in [1.29, 1.82) is 0 Å². The molecule has 76 heavy (non-hydrogen) atoms. The lowest BCUT2D eigenvalue weighted by atomic mass is 10.0. The van der Waals surface area contributed by atoms with E-state index < -0.39 is 23.9 Å². The molecule has 4 rings (SSSR count). The second kappa shape index (κ2) is 40.5. The Morgan fingerprint density at radius 1 is 0.316 bits per heavy atom. The van der Waals surface area contributed by atoms with Crippen molar-refractivity contribution in [3.05, 3.63) is 116 Å². The van der Waals surface area contributed by atoms with E-state index in [0.29, 0.717) is 57.6 Å². The zero-order valence-corrected chi connectivity index (χ0v) is 49.1. The van der Waals surface area contributed by atoms with Crippen LogP contribution in [0.1, 0.15) is 248 Å². The van der Waals surface area contributed by atoms with Crippen molar-refractivity contribution in [3.63, 3.8) is 0 Å². The molecule has 4 aromatic carbocycles. The number of benzene rings is 4. The zero-order valence-electron chi connectivity index (χ0n) is 46.0. The van der Waals surface area contributed by atoms with Crippen molar-refractivity contribution < 1.29 is 47.6 Å². The van der Waals surface area contributed by atoms with Gasteiger partial charge in [0.05, 0.1) is 57.6 Å². The topological polar surface area (TPSA) is 124 Å². The Kier molecular flexibility index (Phi) is 34.0. The molecule has 0 aliphatic heterocycles. The van der Waals surface area contributed by atoms with Crippen LogP contribution in [0.5, 0.6) is 23.0 Å². The first-order valence-electron chi connectivity index (χ1n) is 29.0. The third-order valence-corrected chi connectivity index (χ3v) is 14.7. The average molecular weight is 1180 g/mol. The molecule has 0 radical (unpaired) electrons. The third-order valence-electron chi connectivity index (χ3n) is 13.5. The highest BCUT2D eigenvalue weighted by Gasteiger charge is 2.17. The summed E-state index contributed by atoms with van der Waals surface area (Å²) in [5, 5.41) is 0. The van der Waals surface area contributed by atoms with Gasteiger partial charge in [0.2, 0.25) is 0 Å². The molecular weight excluding hydrogens is 1090 g/mol. The molecule has 10 nitrogen and oxygen atoms in total. The summed E-state index contributed by atoms with van der Waals surface area (Å²) in [6, 6.07) is 23.0. The predicted octanol–water partition coefficient (Wildman–Crippen LogP) is 19.2. The minimum Gasteiger partial charge on any atom is -0.494 e. The van der Waals surface area contributed by atoms with E-state index >= 15 is 0 Å². The van der Waals surface area contributed by atoms with Crippen LogP contribution < -0.4 is 18.9 Å². The van der Waals surface area contributed by atoms with Gasteiger partial charge in [-0.05, 0) is 142 Å². The van der Waals surface area contributed by atoms with Crippen molar-refractivity contribution in [2.24, 2.45) is 0 Å². The Bertz CT molecular complexity index is 2070. The molecule has 0 aliphatic rings. The average Bonchev–Trinajstić information content (AvgIpc) is 3.43. The predicted molar refractivity (Wildman–Crippen MR) is 312 cm³/mol. The number of carbonyl (C=O) groups is 4. The van der Waals surface area contributed by atoms with Crippen LogP contribution in [0, 0.1) is 0 Å². The molecule has 0 amide bonds. The number of hydrogen-bond acceptors (Lipinski definition) is 10. The van der Waals surface area contributed by atoms with Crippen molar-refractivity contribution >= 4 is 55.7 Å². The van der Waals surface area contributed by atoms with Crippen LogP contribution in [0.2, 0.25) is 0 Å². The van der Waals surface area contributed by atoms with Crippen LogP contribution in [-0.2, 0) is 9.47 Å². The lowest BCUT2D eigenvalue weighted by molar-refractivity contribution is 0.0432. The lowest BCUT2D eigenvalue weighted by Gasteiger charge is -2.10. The van der Waals surface area contributed by atoms with E-state index in [1.54, 1.807) is 60.7 Å². The standard InChI is InChI=1S/C64H88Br2O10/c1-3-5-7-9-11-13-15-17-19-21-23-25-27-29-45-71-55-39-33-51(34-40-55)63(69)75-59-43-37-53(49-57(59)65)61(67)73-47-31-32-48-74-62(68)54-38-44-60(58(66)50-54)76-64(70)52-35-41-56(42-36-52)72-46-30-28-26-24-22-20-18-16-14-12-10-8-6-4-2/h33-44,49-50H,3-32,45-48H2,1-2H3.